The Morgan fingerprint density at radius 3 is 3.00 bits per heavy atom. The molecule has 0 radical (unpaired) electrons. The Labute approximate surface area is 95.5 Å². The summed E-state index contributed by atoms with van der Waals surface area (Å²) in [4.78, 5) is 10.7. The highest BCUT2D eigenvalue weighted by molar-refractivity contribution is 6.29. The van der Waals surface area contributed by atoms with Crippen LogP contribution in [0.2, 0.25) is 5.15 Å². The average Bonchev–Trinajstić information content (AvgIpc) is 2.59. The van der Waals surface area contributed by atoms with Gasteiger partial charge in [0.05, 0.1) is 12.4 Å². The number of rotatable bonds is 2. The van der Waals surface area contributed by atoms with E-state index in [1.54, 1.807) is 12.4 Å². The van der Waals surface area contributed by atoms with Gasteiger partial charge in [-0.1, -0.05) is 25.4 Å². The van der Waals surface area contributed by atoms with E-state index in [2.05, 4.69) is 28.7 Å². The molecule has 0 aliphatic carbocycles. The number of halogens is 1. The van der Waals surface area contributed by atoms with Crippen LogP contribution in [-0.4, -0.2) is 22.6 Å². The van der Waals surface area contributed by atoms with Crippen molar-refractivity contribution >= 4 is 17.4 Å². The lowest BCUT2D eigenvalue weighted by molar-refractivity contribution is 0.497. The molecule has 3 nitrogen and oxygen atoms in total. The van der Waals surface area contributed by atoms with Crippen LogP contribution in [0.4, 0.5) is 5.82 Å². The zero-order valence-electron chi connectivity index (χ0n) is 9.15. The minimum absolute atomic E-state index is 0.474. The van der Waals surface area contributed by atoms with Crippen molar-refractivity contribution in [2.75, 3.05) is 11.4 Å². The number of nitrogens with zero attached hydrogens (tertiary/aromatic N) is 3. The van der Waals surface area contributed by atoms with Gasteiger partial charge in [-0.2, -0.15) is 0 Å². The molecule has 15 heavy (non-hydrogen) atoms. The van der Waals surface area contributed by atoms with Crippen molar-refractivity contribution in [2.45, 2.75) is 32.7 Å². The van der Waals surface area contributed by atoms with Gasteiger partial charge in [0, 0.05) is 12.6 Å². The first-order valence-electron chi connectivity index (χ1n) is 5.46. The summed E-state index contributed by atoms with van der Waals surface area (Å²) in [7, 11) is 0. The zero-order chi connectivity index (χ0) is 10.8. The summed E-state index contributed by atoms with van der Waals surface area (Å²) in [6.45, 7) is 5.58. The third-order valence-electron chi connectivity index (χ3n) is 3.19. The van der Waals surface area contributed by atoms with Crippen molar-refractivity contribution in [1.29, 1.82) is 0 Å². The summed E-state index contributed by atoms with van der Waals surface area (Å²) in [6, 6.07) is 0.581. The van der Waals surface area contributed by atoms with E-state index in [0.717, 1.165) is 24.7 Å². The predicted octanol–water partition coefficient (Wildman–Crippen LogP) is 2.75. The highest BCUT2D eigenvalue weighted by Gasteiger charge is 2.30. The first-order valence-corrected chi connectivity index (χ1v) is 5.84. The molecule has 1 aromatic heterocycles. The average molecular weight is 226 g/mol. The van der Waals surface area contributed by atoms with Gasteiger partial charge in [-0.15, -0.1) is 0 Å². The maximum absolute atomic E-state index is 5.85. The van der Waals surface area contributed by atoms with Crippen molar-refractivity contribution in [3.63, 3.8) is 0 Å². The van der Waals surface area contributed by atoms with Gasteiger partial charge in [0.1, 0.15) is 11.0 Å². The minimum atomic E-state index is 0.474. The smallest absolute Gasteiger partial charge is 0.149 e. The van der Waals surface area contributed by atoms with E-state index in [1.165, 1.54) is 6.42 Å². The third kappa shape index (κ3) is 2.07. The predicted molar refractivity (Wildman–Crippen MR) is 62.2 cm³/mol. The monoisotopic (exact) mass is 225 g/mol. The lowest BCUT2D eigenvalue weighted by Gasteiger charge is -2.26. The fraction of sp³-hybridized carbons (Fsp3) is 0.636. The Morgan fingerprint density at radius 1 is 1.53 bits per heavy atom. The molecule has 2 unspecified atom stereocenters. The van der Waals surface area contributed by atoms with E-state index in [9.17, 15) is 0 Å². The second-order valence-corrected chi connectivity index (χ2v) is 4.52. The standard InChI is InChI=1S/C11H16ClN3/c1-3-9-8(2)4-5-15(9)11-7-13-6-10(12)14-11/h6-9H,3-5H2,1-2H3. The highest BCUT2D eigenvalue weighted by Crippen LogP contribution is 2.30. The van der Waals surface area contributed by atoms with E-state index in [-0.39, 0.29) is 0 Å². The molecule has 1 aliphatic rings. The van der Waals surface area contributed by atoms with Crippen molar-refractivity contribution in [1.82, 2.24) is 9.97 Å². The quantitative estimate of drug-likeness (QED) is 0.775. The number of hydrogen-bond acceptors (Lipinski definition) is 3. The van der Waals surface area contributed by atoms with Gasteiger partial charge < -0.3 is 4.90 Å². The lowest BCUT2D eigenvalue weighted by atomic mass is 10.0. The molecule has 0 amide bonds. The Balaban J connectivity index is 2.23. The van der Waals surface area contributed by atoms with Gasteiger partial charge in [-0.05, 0) is 18.8 Å². The molecular weight excluding hydrogens is 210 g/mol. The molecule has 2 atom stereocenters. The van der Waals surface area contributed by atoms with Crippen molar-refractivity contribution in [3.8, 4) is 0 Å². The summed E-state index contributed by atoms with van der Waals surface area (Å²) in [5.74, 6) is 1.65. The Hall–Kier alpha value is -0.830. The molecule has 1 aliphatic heterocycles. The molecule has 0 aromatic carbocycles. The largest absolute Gasteiger partial charge is 0.352 e. The summed E-state index contributed by atoms with van der Waals surface area (Å²) >= 11 is 5.85. The van der Waals surface area contributed by atoms with Crippen LogP contribution in [0.1, 0.15) is 26.7 Å². The van der Waals surface area contributed by atoms with Crippen LogP contribution >= 0.6 is 11.6 Å². The normalized spacial score (nSPS) is 25.9. The minimum Gasteiger partial charge on any atom is -0.352 e. The number of hydrogen-bond donors (Lipinski definition) is 0. The second-order valence-electron chi connectivity index (χ2n) is 4.13. The van der Waals surface area contributed by atoms with Crippen LogP contribution in [0.5, 0.6) is 0 Å². The molecule has 4 heteroatoms. The van der Waals surface area contributed by atoms with Gasteiger partial charge in [-0.25, -0.2) is 4.98 Å². The molecule has 82 valence electrons. The lowest BCUT2D eigenvalue weighted by Crippen LogP contribution is -2.32. The molecular formula is C11H16ClN3. The number of anilines is 1. The van der Waals surface area contributed by atoms with Crippen LogP contribution in [0.15, 0.2) is 12.4 Å². The summed E-state index contributed by atoms with van der Waals surface area (Å²) < 4.78 is 0. The molecule has 0 bridgehead atoms. The van der Waals surface area contributed by atoms with Crippen LogP contribution in [0, 0.1) is 5.92 Å². The van der Waals surface area contributed by atoms with Gasteiger partial charge in [0.25, 0.3) is 0 Å². The molecule has 0 spiro atoms. The maximum atomic E-state index is 5.85. The molecule has 2 rings (SSSR count). The zero-order valence-corrected chi connectivity index (χ0v) is 9.91. The highest BCUT2D eigenvalue weighted by atomic mass is 35.5. The molecule has 1 fully saturated rings. The first-order chi connectivity index (χ1) is 7.22. The summed E-state index contributed by atoms with van der Waals surface area (Å²) in [5, 5.41) is 0.474. The fourth-order valence-electron chi connectivity index (χ4n) is 2.39. The van der Waals surface area contributed by atoms with Gasteiger partial charge >= 0.3 is 0 Å². The fourth-order valence-corrected chi connectivity index (χ4v) is 2.53. The molecule has 0 N–H and O–H groups in total. The Kier molecular flexibility index (Phi) is 3.10. The Morgan fingerprint density at radius 2 is 2.33 bits per heavy atom. The van der Waals surface area contributed by atoms with Gasteiger partial charge in [0.15, 0.2) is 0 Å². The summed E-state index contributed by atoms with van der Waals surface area (Å²) in [6.07, 6.45) is 5.75. The van der Waals surface area contributed by atoms with Crippen LogP contribution in [0.3, 0.4) is 0 Å². The van der Waals surface area contributed by atoms with E-state index in [1.807, 2.05) is 0 Å². The SMILES string of the molecule is CCC1C(C)CCN1c1cncc(Cl)n1. The molecule has 1 aromatic rings. The number of aromatic nitrogens is 2. The van der Waals surface area contributed by atoms with Gasteiger partial charge in [-0.3, -0.25) is 4.98 Å². The third-order valence-corrected chi connectivity index (χ3v) is 3.37. The van der Waals surface area contributed by atoms with E-state index >= 15 is 0 Å². The first kappa shape index (κ1) is 10.7. The van der Waals surface area contributed by atoms with Crippen molar-refractivity contribution in [2.24, 2.45) is 5.92 Å². The van der Waals surface area contributed by atoms with Crippen LogP contribution < -0.4 is 4.90 Å². The van der Waals surface area contributed by atoms with Crippen molar-refractivity contribution in [3.05, 3.63) is 17.5 Å². The van der Waals surface area contributed by atoms with Crippen LogP contribution in [0.25, 0.3) is 0 Å². The Bertz CT molecular complexity index is 342. The topological polar surface area (TPSA) is 29.0 Å². The van der Waals surface area contributed by atoms with E-state index in [4.69, 9.17) is 11.6 Å². The molecule has 1 saturated heterocycles. The maximum Gasteiger partial charge on any atom is 0.149 e. The van der Waals surface area contributed by atoms with Gasteiger partial charge in [0.2, 0.25) is 0 Å². The summed E-state index contributed by atoms with van der Waals surface area (Å²) in [5.41, 5.74) is 0. The molecule has 2 heterocycles. The van der Waals surface area contributed by atoms with Crippen molar-refractivity contribution < 1.29 is 0 Å². The van der Waals surface area contributed by atoms with Crippen LogP contribution in [-0.2, 0) is 0 Å². The van der Waals surface area contributed by atoms with E-state index in [0.29, 0.717) is 11.2 Å². The second kappa shape index (κ2) is 4.35. The molecule has 0 saturated carbocycles. The van der Waals surface area contributed by atoms with E-state index < -0.39 is 0 Å².